The number of hydrogen-bond acceptors (Lipinski definition) is 3. The van der Waals surface area contributed by atoms with E-state index in [0.717, 1.165) is 0 Å². The SMILES string of the molecule is Cl.O=S(=O)(Cl)c1ccc(O)cc1. The molecule has 12 heavy (non-hydrogen) atoms. The average Bonchev–Trinajstić information content (AvgIpc) is 1.86. The van der Waals surface area contributed by atoms with Gasteiger partial charge in [-0.05, 0) is 24.3 Å². The standard InChI is InChI=1S/C6H5ClO3S.ClH/c7-11(9,10)6-3-1-5(8)2-4-6;/h1-4,8H;1H. The van der Waals surface area contributed by atoms with Gasteiger partial charge in [-0.2, -0.15) is 0 Å². The van der Waals surface area contributed by atoms with Crippen molar-refractivity contribution in [3.63, 3.8) is 0 Å². The Morgan fingerprint density at radius 3 is 1.92 bits per heavy atom. The highest BCUT2D eigenvalue weighted by atomic mass is 35.7. The summed E-state index contributed by atoms with van der Waals surface area (Å²) in [6.45, 7) is 0. The monoisotopic (exact) mass is 228 g/mol. The van der Waals surface area contributed by atoms with Crippen molar-refractivity contribution in [1.29, 1.82) is 0 Å². The molecule has 0 unspecified atom stereocenters. The van der Waals surface area contributed by atoms with Crippen LogP contribution < -0.4 is 0 Å². The van der Waals surface area contributed by atoms with Crippen LogP contribution in [0.25, 0.3) is 0 Å². The lowest BCUT2D eigenvalue weighted by Gasteiger charge is -1.94. The number of rotatable bonds is 1. The molecule has 0 heterocycles. The molecule has 6 heteroatoms. The van der Waals surface area contributed by atoms with Crippen molar-refractivity contribution >= 4 is 32.1 Å². The highest BCUT2D eigenvalue weighted by Gasteiger charge is 2.07. The van der Waals surface area contributed by atoms with Gasteiger partial charge in [0.25, 0.3) is 9.05 Å². The van der Waals surface area contributed by atoms with Gasteiger partial charge in [-0.1, -0.05) is 0 Å². The quantitative estimate of drug-likeness (QED) is 0.746. The van der Waals surface area contributed by atoms with Gasteiger partial charge in [-0.15, -0.1) is 12.4 Å². The molecule has 0 fully saturated rings. The van der Waals surface area contributed by atoms with E-state index in [2.05, 4.69) is 0 Å². The van der Waals surface area contributed by atoms with Crippen molar-refractivity contribution < 1.29 is 13.5 Å². The fraction of sp³-hybridized carbons (Fsp3) is 0. The minimum atomic E-state index is -3.66. The molecule has 0 atom stereocenters. The molecule has 0 aliphatic heterocycles. The molecule has 1 aromatic carbocycles. The second-order valence-electron chi connectivity index (χ2n) is 1.93. The number of benzene rings is 1. The lowest BCUT2D eigenvalue weighted by atomic mass is 10.3. The van der Waals surface area contributed by atoms with Crippen LogP contribution in [-0.4, -0.2) is 13.5 Å². The summed E-state index contributed by atoms with van der Waals surface area (Å²) in [4.78, 5) is -0.0167. The van der Waals surface area contributed by atoms with E-state index in [1.54, 1.807) is 0 Å². The second-order valence-corrected chi connectivity index (χ2v) is 4.50. The molecule has 0 bridgehead atoms. The summed E-state index contributed by atoms with van der Waals surface area (Å²) in [6.07, 6.45) is 0. The first-order chi connectivity index (χ1) is 5.00. The van der Waals surface area contributed by atoms with Crippen LogP contribution in [0.4, 0.5) is 0 Å². The van der Waals surface area contributed by atoms with E-state index >= 15 is 0 Å². The second kappa shape index (κ2) is 3.98. The van der Waals surface area contributed by atoms with Crippen LogP contribution >= 0.6 is 23.1 Å². The predicted octanol–water partition coefficient (Wildman–Crippen LogP) is 1.74. The van der Waals surface area contributed by atoms with Crippen molar-refractivity contribution in [2.24, 2.45) is 0 Å². The summed E-state index contributed by atoms with van der Waals surface area (Å²) in [5.41, 5.74) is 0. The van der Waals surface area contributed by atoms with Gasteiger partial charge in [0.1, 0.15) is 5.75 Å². The summed E-state index contributed by atoms with van der Waals surface area (Å²) in [7, 11) is 1.34. The van der Waals surface area contributed by atoms with Gasteiger partial charge in [0, 0.05) is 10.7 Å². The van der Waals surface area contributed by atoms with Crippen LogP contribution in [0.5, 0.6) is 5.75 Å². The lowest BCUT2D eigenvalue weighted by Crippen LogP contribution is -1.88. The Morgan fingerprint density at radius 2 is 1.58 bits per heavy atom. The van der Waals surface area contributed by atoms with Gasteiger partial charge in [-0.3, -0.25) is 0 Å². The molecule has 0 radical (unpaired) electrons. The van der Waals surface area contributed by atoms with E-state index in [0.29, 0.717) is 0 Å². The van der Waals surface area contributed by atoms with Crippen LogP contribution in [0.15, 0.2) is 29.2 Å². The zero-order valence-electron chi connectivity index (χ0n) is 5.77. The minimum Gasteiger partial charge on any atom is -0.508 e. The summed E-state index contributed by atoms with van der Waals surface area (Å²) >= 11 is 0. The van der Waals surface area contributed by atoms with E-state index in [1.165, 1.54) is 24.3 Å². The molecule has 0 aliphatic carbocycles. The fourth-order valence-corrected chi connectivity index (χ4v) is 1.38. The van der Waals surface area contributed by atoms with Gasteiger partial charge < -0.3 is 5.11 Å². The van der Waals surface area contributed by atoms with Crippen molar-refractivity contribution in [3.8, 4) is 5.75 Å². The molecule has 3 nitrogen and oxygen atoms in total. The molecule has 0 aliphatic rings. The Morgan fingerprint density at radius 1 is 1.17 bits per heavy atom. The van der Waals surface area contributed by atoms with Gasteiger partial charge in [0.05, 0.1) is 4.90 Å². The van der Waals surface area contributed by atoms with Gasteiger partial charge >= 0.3 is 0 Å². The van der Waals surface area contributed by atoms with E-state index in [1.807, 2.05) is 0 Å². The van der Waals surface area contributed by atoms with E-state index in [-0.39, 0.29) is 23.1 Å². The maximum absolute atomic E-state index is 10.6. The molecule has 1 aromatic rings. The van der Waals surface area contributed by atoms with Crippen LogP contribution in [0.1, 0.15) is 0 Å². The summed E-state index contributed by atoms with van der Waals surface area (Å²) < 4.78 is 21.3. The molecule has 0 amide bonds. The molecule has 0 saturated heterocycles. The van der Waals surface area contributed by atoms with Gasteiger partial charge in [0.15, 0.2) is 0 Å². The van der Waals surface area contributed by atoms with Crippen molar-refractivity contribution in [3.05, 3.63) is 24.3 Å². The Bertz CT molecular complexity index is 344. The van der Waals surface area contributed by atoms with Crippen molar-refractivity contribution in [2.75, 3.05) is 0 Å². The number of halogens is 2. The molecule has 0 aromatic heterocycles. The third kappa shape index (κ3) is 2.89. The molecule has 1 rings (SSSR count). The first-order valence-corrected chi connectivity index (χ1v) is 5.05. The van der Waals surface area contributed by atoms with Crippen LogP contribution in [0.3, 0.4) is 0 Å². The summed E-state index contributed by atoms with van der Waals surface area (Å²) in [5.74, 6) is 0.00840. The fourth-order valence-electron chi connectivity index (χ4n) is 0.609. The average molecular weight is 229 g/mol. The first-order valence-electron chi connectivity index (χ1n) is 2.74. The lowest BCUT2D eigenvalue weighted by molar-refractivity contribution is 0.475. The number of aromatic hydroxyl groups is 1. The zero-order chi connectivity index (χ0) is 8.48. The Kier molecular flexibility index (Phi) is 3.83. The van der Waals surface area contributed by atoms with E-state index in [4.69, 9.17) is 15.8 Å². The minimum absolute atomic E-state index is 0. The smallest absolute Gasteiger partial charge is 0.261 e. The highest BCUT2D eigenvalue weighted by molar-refractivity contribution is 8.13. The van der Waals surface area contributed by atoms with Crippen molar-refractivity contribution in [2.45, 2.75) is 4.90 Å². The topological polar surface area (TPSA) is 54.4 Å². The Hall–Kier alpha value is -0.450. The van der Waals surface area contributed by atoms with Gasteiger partial charge in [-0.25, -0.2) is 8.42 Å². The number of phenolic OH excluding ortho intramolecular Hbond substituents is 1. The Balaban J connectivity index is 0.00000121. The van der Waals surface area contributed by atoms with Gasteiger partial charge in [0.2, 0.25) is 0 Å². The number of hydrogen-bond donors (Lipinski definition) is 1. The Labute approximate surface area is 80.8 Å². The molecular weight excluding hydrogens is 223 g/mol. The molecule has 68 valence electrons. The molecule has 0 spiro atoms. The first kappa shape index (κ1) is 11.6. The van der Waals surface area contributed by atoms with Crippen molar-refractivity contribution in [1.82, 2.24) is 0 Å². The third-order valence-electron chi connectivity index (χ3n) is 1.12. The normalized spacial score (nSPS) is 10.4. The number of phenols is 1. The highest BCUT2D eigenvalue weighted by Crippen LogP contribution is 2.17. The maximum Gasteiger partial charge on any atom is 0.261 e. The molecular formula is C6H6Cl2O3S. The maximum atomic E-state index is 10.6. The molecule has 1 N–H and O–H groups in total. The van der Waals surface area contributed by atoms with E-state index in [9.17, 15) is 8.42 Å². The largest absolute Gasteiger partial charge is 0.508 e. The van der Waals surface area contributed by atoms with Crippen LogP contribution in [-0.2, 0) is 9.05 Å². The summed E-state index contributed by atoms with van der Waals surface area (Å²) in [5, 5.41) is 8.78. The van der Waals surface area contributed by atoms with Crippen LogP contribution in [0, 0.1) is 0 Å². The zero-order valence-corrected chi connectivity index (χ0v) is 8.16. The van der Waals surface area contributed by atoms with E-state index < -0.39 is 9.05 Å². The summed E-state index contributed by atoms with van der Waals surface area (Å²) in [6, 6.07) is 4.99. The third-order valence-corrected chi connectivity index (χ3v) is 2.49. The van der Waals surface area contributed by atoms with Crippen LogP contribution in [0.2, 0.25) is 0 Å². The predicted molar refractivity (Wildman–Crippen MR) is 48.4 cm³/mol. The molecule has 0 saturated carbocycles.